The van der Waals surface area contributed by atoms with Gasteiger partial charge >= 0.3 is 0 Å². The highest BCUT2D eigenvalue weighted by Gasteiger charge is 2.21. The molecule has 0 saturated carbocycles. The van der Waals surface area contributed by atoms with E-state index in [1.165, 1.54) is 25.0 Å². The first-order valence-electron chi connectivity index (χ1n) is 8.29. The molecule has 5 rings (SSSR count). The van der Waals surface area contributed by atoms with Crippen LogP contribution in [-0.2, 0) is 0 Å². The summed E-state index contributed by atoms with van der Waals surface area (Å²) >= 11 is 0. The van der Waals surface area contributed by atoms with Crippen LogP contribution in [0.15, 0.2) is 41.2 Å². The summed E-state index contributed by atoms with van der Waals surface area (Å²) in [6.45, 7) is 0.167. The van der Waals surface area contributed by atoms with Crippen LogP contribution in [0.1, 0.15) is 0 Å². The predicted molar refractivity (Wildman–Crippen MR) is 100 cm³/mol. The Morgan fingerprint density at radius 3 is 2.48 bits per heavy atom. The molecular weight excluding hydrogens is 350 g/mol. The predicted octanol–water partition coefficient (Wildman–Crippen LogP) is 2.81. The van der Waals surface area contributed by atoms with Crippen LogP contribution in [0.5, 0.6) is 23.0 Å². The average Bonchev–Trinajstić information content (AvgIpc) is 3.13. The number of pyridine rings is 1. The molecule has 27 heavy (non-hydrogen) atoms. The van der Waals surface area contributed by atoms with Gasteiger partial charge in [0.25, 0.3) is 5.56 Å². The topological polar surface area (TPSA) is 79.2 Å². The fourth-order valence-corrected chi connectivity index (χ4v) is 3.73. The highest BCUT2D eigenvalue weighted by molar-refractivity contribution is 6.17. The van der Waals surface area contributed by atoms with Gasteiger partial charge in [-0.15, -0.1) is 4.73 Å². The van der Waals surface area contributed by atoms with Crippen molar-refractivity contribution in [2.24, 2.45) is 0 Å². The number of phenolic OH excluding ortho intramolecular Hbond substituents is 1. The quantitative estimate of drug-likeness (QED) is 0.551. The van der Waals surface area contributed by atoms with Gasteiger partial charge in [-0.2, -0.15) is 0 Å². The molecule has 4 aromatic rings. The fourth-order valence-electron chi connectivity index (χ4n) is 3.73. The minimum Gasteiger partial charge on any atom is -0.504 e. The van der Waals surface area contributed by atoms with E-state index in [9.17, 15) is 9.90 Å². The summed E-state index contributed by atoms with van der Waals surface area (Å²) in [5.41, 5.74) is 0.191. The van der Waals surface area contributed by atoms with E-state index < -0.39 is 5.56 Å². The highest BCUT2D eigenvalue weighted by Crippen LogP contribution is 2.41. The monoisotopic (exact) mass is 365 g/mol. The molecule has 0 unspecified atom stereocenters. The molecule has 1 N–H and O–H groups in total. The minimum atomic E-state index is -0.419. The number of methoxy groups -OCH3 is 1. The molecule has 0 radical (unpaired) electrons. The molecule has 1 aliphatic heterocycles. The van der Waals surface area contributed by atoms with Crippen LogP contribution >= 0.6 is 0 Å². The van der Waals surface area contributed by atoms with Crippen molar-refractivity contribution in [1.29, 1.82) is 0 Å². The van der Waals surface area contributed by atoms with Crippen LogP contribution in [0.4, 0.5) is 0 Å². The Bertz CT molecular complexity index is 1310. The molecule has 0 aliphatic carbocycles. The second-order valence-corrected chi connectivity index (χ2v) is 6.21. The van der Waals surface area contributed by atoms with Gasteiger partial charge in [0.05, 0.1) is 18.0 Å². The third-order valence-electron chi connectivity index (χ3n) is 4.90. The van der Waals surface area contributed by atoms with E-state index in [0.717, 1.165) is 16.2 Å². The van der Waals surface area contributed by atoms with Gasteiger partial charge in [0.15, 0.2) is 23.0 Å². The molecule has 2 heterocycles. The van der Waals surface area contributed by atoms with E-state index >= 15 is 0 Å². The van der Waals surface area contributed by atoms with Gasteiger partial charge in [0.2, 0.25) is 6.79 Å². The van der Waals surface area contributed by atoms with Crippen LogP contribution in [0.25, 0.3) is 32.4 Å². The van der Waals surface area contributed by atoms with Crippen LogP contribution in [-0.4, -0.2) is 30.8 Å². The van der Waals surface area contributed by atoms with Crippen LogP contribution in [0, 0.1) is 0 Å². The number of rotatable bonds is 2. The maximum absolute atomic E-state index is 13.2. The zero-order valence-electron chi connectivity index (χ0n) is 14.6. The first-order valence-corrected chi connectivity index (χ1v) is 8.29. The first kappa shape index (κ1) is 15.6. The van der Waals surface area contributed by atoms with Gasteiger partial charge in [-0.05, 0) is 29.7 Å². The fraction of sp³-hybridized carbons (Fsp3) is 0.150. The molecule has 3 aromatic carbocycles. The van der Waals surface area contributed by atoms with Crippen molar-refractivity contribution in [3.63, 3.8) is 0 Å². The van der Waals surface area contributed by atoms with Crippen molar-refractivity contribution in [1.82, 2.24) is 4.73 Å². The maximum Gasteiger partial charge on any atom is 0.295 e. The summed E-state index contributed by atoms with van der Waals surface area (Å²) in [6.07, 6.45) is 0. The Kier molecular flexibility index (Phi) is 3.15. The summed E-state index contributed by atoms with van der Waals surface area (Å²) in [5, 5.41) is 13.5. The zero-order valence-corrected chi connectivity index (χ0v) is 14.6. The second-order valence-electron chi connectivity index (χ2n) is 6.21. The van der Waals surface area contributed by atoms with E-state index in [1.54, 1.807) is 6.07 Å². The zero-order chi connectivity index (χ0) is 18.7. The van der Waals surface area contributed by atoms with Crippen molar-refractivity contribution in [2.45, 2.75) is 0 Å². The molecule has 0 spiro atoms. The molecule has 7 nitrogen and oxygen atoms in total. The summed E-state index contributed by atoms with van der Waals surface area (Å²) in [7, 11) is 2.84. The SMILES string of the molecule is COc1c(O)ccc2c1c(=O)n(OC)c1c3cc4c(cc3ccc21)OCO4. The molecule has 0 bridgehead atoms. The van der Waals surface area contributed by atoms with Crippen LogP contribution in [0.2, 0.25) is 0 Å². The number of fused-ring (bicyclic) bond motifs is 6. The smallest absolute Gasteiger partial charge is 0.295 e. The molecule has 1 aromatic heterocycles. The number of hydrogen-bond acceptors (Lipinski definition) is 6. The largest absolute Gasteiger partial charge is 0.504 e. The summed E-state index contributed by atoms with van der Waals surface area (Å²) < 4.78 is 17.4. The lowest BCUT2D eigenvalue weighted by atomic mass is 10.0. The van der Waals surface area contributed by atoms with Crippen LogP contribution in [0.3, 0.4) is 0 Å². The molecule has 136 valence electrons. The Morgan fingerprint density at radius 2 is 1.74 bits per heavy atom. The van der Waals surface area contributed by atoms with E-state index in [4.69, 9.17) is 19.0 Å². The normalized spacial score (nSPS) is 12.8. The van der Waals surface area contributed by atoms with Gasteiger partial charge in [-0.1, -0.05) is 12.1 Å². The van der Waals surface area contributed by atoms with Crippen LogP contribution < -0.4 is 24.6 Å². The van der Waals surface area contributed by atoms with Gasteiger partial charge < -0.3 is 24.2 Å². The number of aromatic hydroxyl groups is 1. The minimum absolute atomic E-state index is 0.103. The number of ether oxygens (including phenoxy) is 3. The molecule has 0 atom stereocenters. The van der Waals surface area contributed by atoms with E-state index in [0.29, 0.717) is 22.4 Å². The second kappa shape index (κ2) is 5.44. The number of phenols is 1. The summed E-state index contributed by atoms with van der Waals surface area (Å²) in [6, 6.07) is 10.8. The third-order valence-corrected chi connectivity index (χ3v) is 4.90. The number of benzene rings is 3. The molecule has 0 fully saturated rings. The highest BCUT2D eigenvalue weighted by atomic mass is 16.7. The summed E-state index contributed by atoms with van der Waals surface area (Å²) in [5.74, 6) is 1.30. The molecule has 0 saturated heterocycles. The van der Waals surface area contributed by atoms with Crippen molar-refractivity contribution in [3.05, 3.63) is 46.8 Å². The number of aromatic nitrogens is 1. The standard InChI is InChI=1S/C20H15NO6/c1-24-19-14(22)6-5-11-12-4-3-10-7-15-16(27-9-26-15)8-13(10)18(12)21(25-2)20(23)17(11)19/h3-8,22H,9H2,1-2H3. The van der Waals surface area contributed by atoms with Gasteiger partial charge in [0.1, 0.15) is 7.11 Å². The van der Waals surface area contributed by atoms with E-state index in [-0.39, 0.29) is 23.7 Å². The molecular formula is C20H15NO6. The van der Waals surface area contributed by atoms with Crippen molar-refractivity contribution >= 4 is 32.4 Å². The van der Waals surface area contributed by atoms with Crippen molar-refractivity contribution < 1.29 is 24.2 Å². The van der Waals surface area contributed by atoms with Crippen molar-refractivity contribution in [2.75, 3.05) is 21.0 Å². The Hall–Kier alpha value is -3.61. The molecule has 0 amide bonds. The Morgan fingerprint density at radius 1 is 1.00 bits per heavy atom. The first-order chi connectivity index (χ1) is 13.1. The number of nitrogens with zero attached hydrogens (tertiary/aromatic N) is 1. The average molecular weight is 365 g/mol. The van der Waals surface area contributed by atoms with E-state index in [1.807, 2.05) is 24.3 Å². The maximum atomic E-state index is 13.2. The van der Waals surface area contributed by atoms with Gasteiger partial charge in [0, 0.05) is 16.2 Å². The lowest BCUT2D eigenvalue weighted by molar-refractivity contribution is 0.171. The van der Waals surface area contributed by atoms with Gasteiger partial charge in [-0.25, -0.2) is 0 Å². The lowest BCUT2D eigenvalue weighted by Crippen LogP contribution is -2.26. The Balaban J connectivity index is 2.05. The number of hydrogen-bond donors (Lipinski definition) is 1. The molecule has 7 heteroatoms. The third kappa shape index (κ3) is 1.99. The summed E-state index contributed by atoms with van der Waals surface area (Å²) in [4.78, 5) is 18.6. The van der Waals surface area contributed by atoms with Gasteiger partial charge in [-0.3, -0.25) is 4.79 Å². The molecule has 1 aliphatic rings. The lowest BCUT2D eigenvalue weighted by Gasteiger charge is -2.16. The Labute approximate surface area is 152 Å². The van der Waals surface area contributed by atoms with Crippen molar-refractivity contribution in [3.8, 4) is 23.0 Å². The van der Waals surface area contributed by atoms with E-state index in [2.05, 4.69) is 0 Å².